The van der Waals surface area contributed by atoms with Crippen LogP contribution >= 0.6 is 0 Å². The molecule has 7 heteroatoms. The molecule has 2 heterocycles. The summed E-state index contributed by atoms with van der Waals surface area (Å²) in [7, 11) is 1.46. The van der Waals surface area contributed by atoms with Gasteiger partial charge in [0.15, 0.2) is 11.6 Å². The minimum atomic E-state index is -1.30. The number of aromatic nitrogens is 1. The molecule has 0 bridgehead atoms. The molecule has 1 aliphatic heterocycles. The average Bonchev–Trinajstić information content (AvgIpc) is 3.45. The molecule has 1 aliphatic carbocycles. The number of terminal acetylenes is 1. The van der Waals surface area contributed by atoms with Gasteiger partial charge in [0, 0.05) is 25.3 Å². The Kier molecular flexibility index (Phi) is 5.31. The fraction of sp³-hybridized carbons (Fsp3) is 0.455. The fourth-order valence-corrected chi connectivity index (χ4v) is 4.03. The SMILES string of the molecule is C#C.COc1c(N2CCC(C)(C)C2)c(F)cc2c(=O)c(C(=O)O)cn(C3CC3)c12. The zero-order valence-electron chi connectivity index (χ0n) is 16.9. The number of ether oxygens (including phenoxy) is 1. The van der Waals surface area contributed by atoms with Crippen LogP contribution in [-0.4, -0.2) is 35.8 Å². The summed E-state index contributed by atoms with van der Waals surface area (Å²) >= 11 is 0. The van der Waals surface area contributed by atoms with Crippen molar-refractivity contribution in [1.82, 2.24) is 4.57 Å². The third-order valence-electron chi connectivity index (χ3n) is 5.57. The van der Waals surface area contributed by atoms with Crippen LogP contribution in [0.1, 0.15) is 49.5 Å². The second-order valence-electron chi connectivity index (χ2n) is 8.29. The molecule has 1 aromatic carbocycles. The zero-order chi connectivity index (χ0) is 21.5. The first-order valence-corrected chi connectivity index (χ1v) is 9.50. The van der Waals surface area contributed by atoms with E-state index in [0.29, 0.717) is 30.0 Å². The summed E-state index contributed by atoms with van der Waals surface area (Å²) in [4.78, 5) is 26.2. The molecule has 2 fully saturated rings. The number of carbonyl (C=O) groups is 1. The third kappa shape index (κ3) is 3.55. The lowest BCUT2D eigenvalue weighted by atomic mass is 9.93. The molecule has 154 valence electrons. The van der Waals surface area contributed by atoms with Crippen molar-refractivity contribution in [2.45, 2.75) is 39.2 Å². The normalized spacial score (nSPS) is 17.7. The molecule has 0 spiro atoms. The lowest BCUT2D eigenvalue weighted by Crippen LogP contribution is -2.25. The predicted octanol–water partition coefficient (Wildman–Crippen LogP) is 3.67. The highest BCUT2D eigenvalue weighted by atomic mass is 19.1. The largest absolute Gasteiger partial charge is 0.492 e. The first-order valence-electron chi connectivity index (χ1n) is 9.50. The smallest absolute Gasteiger partial charge is 0.341 e. The molecule has 0 amide bonds. The summed E-state index contributed by atoms with van der Waals surface area (Å²) in [6.45, 7) is 5.66. The molecule has 0 radical (unpaired) electrons. The topological polar surface area (TPSA) is 71.8 Å². The molecule has 1 saturated carbocycles. The Morgan fingerprint density at radius 1 is 1.34 bits per heavy atom. The quantitative estimate of drug-likeness (QED) is 0.793. The maximum Gasteiger partial charge on any atom is 0.341 e. The minimum Gasteiger partial charge on any atom is -0.492 e. The molecule has 6 nitrogen and oxygen atoms in total. The number of nitrogens with zero attached hydrogens (tertiary/aromatic N) is 2. The maximum atomic E-state index is 15.1. The number of methoxy groups -OCH3 is 1. The fourth-order valence-electron chi connectivity index (χ4n) is 4.03. The van der Waals surface area contributed by atoms with Gasteiger partial charge in [0.2, 0.25) is 5.43 Å². The first-order chi connectivity index (χ1) is 13.7. The van der Waals surface area contributed by atoms with Gasteiger partial charge in [-0.05, 0) is 30.7 Å². The Hall–Kier alpha value is -3.01. The molecule has 1 saturated heterocycles. The van der Waals surface area contributed by atoms with E-state index in [9.17, 15) is 14.7 Å². The molecule has 1 aromatic heterocycles. The average molecular weight is 400 g/mol. The van der Waals surface area contributed by atoms with E-state index >= 15 is 4.39 Å². The lowest BCUT2D eigenvalue weighted by molar-refractivity contribution is 0.0695. The second kappa shape index (κ2) is 7.43. The number of fused-ring (bicyclic) bond motifs is 1. The molecule has 2 aromatic rings. The molecule has 0 unspecified atom stereocenters. The Bertz CT molecular complexity index is 1050. The highest BCUT2D eigenvalue weighted by Crippen LogP contribution is 2.45. The van der Waals surface area contributed by atoms with Gasteiger partial charge in [-0.2, -0.15) is 0 Å². The van der Waals surface area contributed by atoms with Crippen LogP contribution < -0.4 is 15.1 Å². The highest BCUT2D eigenvalue weighted by Gasteiger charge is 2.35. The monoisotopic (exact) mass is 400 g/mol. The van der Waals surface area contributed by atoms with Gasteiger partial charge < -0.3 is 19.3 Å². The molecule has 4 rings (SSSR count). The van der Waals surface area contributed by atoms with Crippen molar-refractivity contribution >= 4 is 22.6 Å². The molecular weight excluding hydrogens is 375 g/mol. The van der Waals surface area contributed by atoms with Crippen molar-refractivity contribution in [2.24, 2.45) is 5.41 Å². The molecular formula is C22H25FN2O4. The third-order valence-corrected chi connectivity index (χ3v) is 5.57. The number of hydrogen-bond donors (Lipinski definition) is 1. The van der Waals surface area contributed by atoms with Gasteiger partial charge in [-0.25, -0.2) is 9.18 Å². The van der Waals surface area contributed by atoms with Crippen LogP contribution in [0.3, 0.4) is 0 Å². The highest BCUT2D eigenvalue weighted by molar-refractivity contribution is 5.97. The van der Waals surface area contributed by atoms with E-state index in [1.165, 1.54) is 19.4 Å². The van der Waals surface area contributed by atoms with Crippen molar-refractivity contribution in [1.29, 1.82) is 0 Å². The number of carboxylic acid groups (broad SMARTS) is 1. The minimum absolute atomic E-state index is 0.0540. The Balaban J connectivity index is 0.00000117. The van der Waals surface area contributed by atoms with E-state index < -0.39 is 17.2 Å². The Morgan fingerprint density at radius 2 is 2.00 bits per heavy atom. The van der Waals surface area contributed by atoms with Crippen LogP contribution in [-0.2, 0) is 0 Å². The zero-order valence-corrected chi connectivity index (χ0v) is 16.9. The summed E-state index contributed by atoms with van der Waals surface area (Å²) in [6.07, 6.45) is 12.1. The molecule has 1 N–H and O–H groups in total. The Labute approximate surface area is 168 Å². The summed E-state index contributed by atoms with van der Waals surface area (Å²) < 4.78 is 22.5. The predicted molar refractivity (Wildman–Crippen MR) is 110 cm³/mol. The standard InChI is InChI=1S/C20H23FN2O4.C2H2/c1-20(2)6-7-22(10-20)16-14(21)8-12-15(18(16)27-3)23(11-4-5-11)9-13(17(12)24)19(25)26;1-2/h8-9,11H,4-7,10H2,1-3H3,(H,25,26);1-2H. The number of carboxylic acids is 1. The van der Waals surface area contributed by atoms with Gasteiger partial charge in [0.05, 0.1) is 18.0 Å². The van der Waals surface area contributed by atoms with Crippen LogP contribution in [0.2, 0.25) is 0 Å². The van der Waals surface area contributed by atoms with Crippen molar-refractivity contribution in [3.63, 3.8) is 0 Å². The van der Waals surface area contributed by atoms with Gasteiger partial charge in [0.25, 0.3) is 0 Å². The number of rotatable bonds is 4. The number of aromatic carboxylic acids is 1. The van der Waals surface area contributed by atoms with E-state index in [4.69, 9.17) is 4.74 Å². The summed E-state index contributed by atoms with van der Waals surface area (Å²) in [5, 5.41) is 9.44. The van der Waals surface area contributed by atoms with Gasteiger partial charge in [-0.3, -0.25) is 4.79 Å². The summed E-state index contributed by atoms with van der Waals surface area (Å²) in [5.74, 6) is -1.55. The van der Waals surface area contributed by atoms with Crippen LogP contribution in [0, 0.1) is 24.1 Å². The summed E-state index contributed by atoms with van der Waals surface area (Å²) in [6, 6.07) is 1.28. The van der Waals surface area contributed by atoms with Gasteiger partial charge in [-0.1, -0.05) is 13.8 Å². The van der Waals surface area contributed by atoms with Crippen LogP contribution in [0.15, 0.2) is 17.1 Å². The van der Waals surface area contributed by atoms with Crippen molar-refractivity contribution in [3.8, 4) is 18.6 Å². The number of benzene rings is 1. The van der Waals surface area contributed by atoms with Gasteiger partial charge in [-0.15, -0.1) is 12.8 Å². The lowest BCUT2D eigenvalue weighted by Gasteiger charge is -2.26. The van der Waals surface area contributed by atoms with Crippen LogP contribution in [0.25, 0.3) is 10.9 Å². The maximum absolute atomic E-state index is 15.1. The molecule has 2 aliphatic rings. The van der Waals surface area contributed by atoms with Gasteiger partial charge in [0.1, 0.15) is 11.3 Å². The summed E-state index contributed by atoms with van der Waals surface area (Å²) in [5.41, 5.74) is -0.121. The molecule has 0 atom stereocenters. The van der Waals surface area contributed by atoms with E-state index in [2.05, 4.69) is 26.7 Å². The van der Waals surface area contributed by atoms with Crippen LogP contribution in [0.4, 0.5) is 10.1 Å². The van der Waals surface area contributed by atoms with Gasteiger partial charge >= 0.3 is 5.97 Å². The van der Waals surface area contributed by atoms with Crippen LogP contribution in [0.5, 0.6) is 5.75 Å². The number of pyridine rings is 1. The first kappa shape index (κ1) is 20.7. The Morgan fingerprint density at radius 3 is 2.48 bits per heavy atom. The van der Waals surface area contributed by atoms with E-state index in [1.54, 1.807) is 4.57 Å². The second-order valence-corrected chi connectivity index (χ2v) is 8.29. The van der Waals surface area contributed by atoms with Crippen molar-refractivity contribution < 1.29 is 19.0 Å². The van der Waals surface area contributed by atoms with E-state index in [1.807, 2.05) is 4.90 Å². The van der Waals surface area contributed by atoms with E-state index in [0.717, 1.165) is 19.3 Å². The molecule has 29 heavy (non-hydrogen) atoms. The number of halogens is 1. The number of hydrogen-bond acceptors (Lipinski definition) is 4. The van der Waals surface area contributed by atoms with E-state index in [-0.39, 0.29) is 22.4 Å². The van der Waals surface area contributed by atoms with Crippen molar-refractivity contribution in [3.05, 3.63) is 33.9 Å². The van der Waals surface area contributed by atoms with Crippen molar-refractivity contribution in [2.75, 3.05) is 25.1 Å². The number of anilines is 1.